The molecule has 3 heterocycles. The van der Waals surface area contributed by atoms with Crippen molar-refractivity contribution in [3.63, 3.8) is 0 Å². The summed E-state index contributed by atoms with van der Waals surface area (Å²) in [5, 5.41) is 3.18. The van der Waals surface area contributed by atoms with Crippen molar-refractivity contribution in [3.8, 4) is 0 Å². The Balaban J connectivity index is 1.34. The smallest absolute Gasteiger partial charge is 0.230 e. The Hall–Kier alpha value is -1.34. The number of piperidine rings is 1. The number of carbonyl (C=O) groups excluding carboxylic acids is 1. The number of nitrogens with one attached hydrogen (secondary N) is 1. The predicted octanol–water partition coefficient (Wildman–Crippen LogP) is 1.39. The van der Waals surface area contributed by atoms with Crippen molar-refractivity contribution in [1.29, 1.82) is 0 Å². The third-order valence-electron chi connectivity index (χ3n) is 4.61. The van der Waals surface area contributed by atoms with E-state index >= 15 is 0 Å². The molecule has 0 aromatic carbocycles. The first-order chi connectivity index (χ1) is 11.8. The van der Waals surface area contributed by atoms with Crippen LogP contribution in [0.3, 0.4) is 0 Å². The molecule has 0 aliphatic carbocycles. The highest BCUT2D eigenvalue weighted by molar-refractivity contribution is 7.99. The van der Waals surface area contributed by atoms with Crippen molar-refractivity contribution in [3.05, 3.63) is 18.5 Å². The minimum atomic E-state index is 0.155. The number of thioether (sulfide) groups is 1. The molecule has 0 bridgehead atoms. The first-order valence-electron chi connectivity index (χ1n) is 8.93. The Bertz CT molecular complexity index is 509. The second-order valence-electron chi connectivity index (χ2n) is 6.50. The number of hydrogen-bond acceptors (Lipinski definition) is 6. The van der Waals surface area contributed by atoms with E-state index in [0.717, 1.165) is 44.2 Å². The second-order valence-corrected chi connectivity index (χ2v) is 7.61. The van der Waals surface area contributed by atoms with Gasteiger partial charge in [0.1, 0.15) is 0 Å². The van der Waals surface area contributed by atoms with Gasteiger partial charge in [-0.25, -0.2) is 9.97 Å². The van der Waals surface area contributed by atoms with Gasteiger partial charge in [-0.2, -0.15) is 11.8 Å². The first-order valence-corrected chi connectivity index (χ1v) is 10.1. The lowest BCUT2D eigenvalue weighted by Gasteiger charge is -2.33. The van der Waals surface area contributed by atoms with Crippen molar-refractivity contribution in [2.45, 2.75) is 31.7 Å². The summed E-state index contributed by atoms with van der Waals surface area (Å²) >= 11 is 1.74. The molecule has 0 radical (unpaired) electrons. The van der Waals surface area contributed by atoms with Crippen LogP contribution in [0.15, 0.2) is 18.5 Å². The summed E-state index contributed by atoms with van der Waals surface area (Å²) in [5.41, 5.74) is 0. The maximum Gasteiger partial charge on any atom is 0.230 e. The summed E-state index contributed by atoms with van der Waals surface area (Å²) in [6, 6.07) is 2.03. The molecule has 2 aliphatic rings. The fourth-order valence-corrected chi connectivity index (χ4v) is 4.17. The summed E-state index contributed by atoms with van der Waals surface area (Å²) in [4.78, 5) is 25.4. The number of aromatic nitrogens is 2. The van der Waals surface area contributed by atoms with E-state index in [0.29, 0.717) is 5.75 Å². The Kier molecular flexibility index (Phi) is 6.72. The van der Waals surface area contributed by atoms with E-state index in [4.69, 9.17) is 0 Å². The molecule has 6 nitrogen and oxygen atoms in total. The van der Waals surface area contributed by atoms with Crippen molar-refractivity contribution in [1.82, 2.24) is 20.2 Å². The topological polar surface area (TPSA) is 61.4 Å². The number of nitrogens with zero attached hydrogens (tertiary/aromatic N) is 4. The summed E-state index contributed by atoms with van der Waals surface area (Å²) in [6.45, 7) is 5.33. The van der Waals surface area contributed by atoms with Crippen LogP contribution in [0.5, 0.6) is 0 Å². The highest BCUT2D eigenvalue weighted by atomic mass is 32.2. The molecular formula is C17H27N5OS. The molecular weight excluding hydrogens is 322 g/mol. The van der Waals surface area contributed by atoms with Crippen LogP contribution in [0, 0.1) is 0 Å². The highest BCUT2D eigenvalue weighted by Gasteiger charge is 2.22. The maximum absolute atomic E-state index is 12.2. The number of carbonyl (C=O) groups is 1. The Labute approximate surface area is 148 Å². The second kappa shape index (κ2) is 9.22. The molecule has 1 aromatic rings. The van der Waals surface area contributed by atoms with E-state index in [1.807, 2.05) is 6.07 Å². The van der Waals surface area contributed by atoms with Crippen LogP contribution in [-0.4, -0.2) is 71.0 Å². The van der Waals surface area contributed by atoms with Gasteiger partial charge in [-0.05, 0) is 44.8 Å². The molecule has 24 heavy (non-hydrogen) atoms. The minimum Gasteiger partial charge on any atom is -0.351 e. The van der Waals surface area contributed by atoms with Gasteiger partial charge in [-0.15, -0.1) is 0 Å². The van der Waals surface area contributed by atoms with E-state index in [2.05, 4.69) is 25.1 Å². The third-order valence-corrected chi connectivity index (χ3v) is 5.54. The number of hydrogen-bond donors (Lipinski definition) is 1. The summed E-state index contributed by atoms with van der Waals surface area (Å²) in [6.07, 6.45) is 8.28. The summed E-state index contributed by atoms with van der Waals surface area (Å²) < 4.78 is 0. The molecule has 3 rings (SSSR count). The molecule has 1 aromatic heterocycles. The van der Waals surface area contributed by atoms with Gasteiger partial charge < -0.3 is 15.1 Å². The average molecular weight is 350 g/mol. The molecule has 0 saturated carbocycles. The van der Waals surface area contributed by atoms with Crippen molar-refractivity contribution < 1.29 is 4.79 Å². The molecule has 1 atom stereocenters. The van der Waals surface area contributed by atoms with Gasteiger partial charge in [-0.1, -0.05) is 0 Å². The predicted molar refractivity (Wildman–Crippen MR) is 98.4 cm³/mol. The van der Waals surface area contributed by atoms with Crippen LogP contribution in [-0.2, 0) is 4.79 Å². The lowest BCUT2D eigenvalue weighted by molar-refractivity contribution is -0.119. The van der Waals surface area contributed by atoms with E-state index in [1.165, 1.54) is 25.9 Å². The Morgan fingerprint density at radius 3 is 2.79 bits per heavy atom. The van der Waals surface area contributed by atoms with Crippen LogP contribution in [0.2, 0.25) is 0 Å². The van der Waals surface area contributed by atoms with Gasteiger partial charge >= 0.3 is 0 Å². The normalized spacial score (nSPS) is 21.8. The van der Waals surface area contributed by atoms with Crippen LogP contribution in [0.4, 0.5) is 5.95 Å². The molecule has 0 unspecified atom stereocenters. The monoisotopic (exact) mass is 349 g/mol. The standard InChI is InChI=1S/C17H27N5OS/c23-16(14-24-12-11-21-8-1-2-9-21)20-15-5-3-10-22(13-15)17-18-6-4-7-19-17/h4,6-7,15H,1-3,5,8-14H2,(H,20,23)/t15-/m0/s1. The number of anilines is 1. The van der Waals surface area contributed by atoms with Gasteiger partial charge in [0.25, 0.3) is 0 Å². The SMILES string of the molecule is O=C(CSCCN1CCCC1)N[C@H]1CCCN(c2ncccn2)C1. The fourth-order valence-electron chi connectivity index (χ4n) is 3.37. The zero-order valence-corrected chi connectivity index (χ0v) is 15.0. The molecule has 1 amide bonds. The third kappa shape index (κ3) is 5.34. The van der Waals surface area contributed by atoms with Crippen LogP contribution in [0.25, 0.3) is 0 Å². The lowest BCUT2D eigenvalue weighted by atomic mass is 10.1. The molecule has 7 heteroatoms. The molecule has 2 fully saturated rings. The van der Waals surface area contributed by atoms with E-state index in [1.54, 1.807) is 24.2 Å². The molecule has 1 N–H and O–H groups in total. The molecule has 0 spiro atoms. The zero-order valence-electron chi connectivity index (χ0n) is 14.2. The Morgan fingerprint density at radius 1 is 1.21 bits per heavy atom. The van der Waals surface area contributed by atoms with Gasteiger partial charge in [0.05, 0.1) is 5.75 Å². The number of rotatable bonds is 7. The first kappa shape index (κ1) is 17.5. The molecule has 2 aliphatic heterocycles. The largest absolute Gasteiger partial charge is 0.351 e. The van der Waals surface area contributed by atoms with Gasteiger partial charge in [0.2, 0.25) is 11.9 Å². The van der Waals surface area contributed by atoms with E-state index < -0.39 is 0 Å². The Morgan fingerprint density at radius 2 is 2.00 bits per heavy atom. The molecule has 2 saturated heterocycles. The van der Waals surface area contributed by atoms with Gasteiger partial charge in [0, 0.05) is 43.8 Å². The van der Waals surface area contributed by atoms with Crippen molar-refractivity contribution in [2.24, 2.45) is 0 Å². The van der Waals surface area contributed by atoms with Gasteiger partial charge in [0.15, 0.2) is 0 Å². The molecule has 132 valence electrons. The average Bonchev–Trinajstić information content (AvgIpc) is 3.13. The van der Waals surface area contributed by atoms with Crippen LogP contribution in [0.1, 0.15) is 25.7 Å². The summed E-state index contributed by atoms with van der Waals surface area (Å²) in [7, 11) is 0. The zero-order chi connectivity index (χ0) is 16.6. The lowest BCUT2D eigenvalue weighted by Crippen LogP contribution is -2.48. The van der Waals surface area contributed by atoms with E-state index in [9.17, 15) is 4.79 Å². The fraction of sp³-hybridized carbons (Fsp3) is 0.706. The minimum absolute atomic E-state index is 0.155. The van der Waals surface area contributed by atoms with Crippen molar-refractivity contribution in [2.75, 3.05) is 49.1 Å². The number of likely N-dealkylation sites (tertiary alicyclic amines) is 1. The summed E-state index contributed by atoms with van der Waals surface area (Å²) in [5.74, 6) is 2.52. The maximum atomic E-state index is 12.2. The quantitative estimate of drug-likeness (QED) is 0.751. The van der Waals surface area contributed by atoms with E-state index in [-0.39, 0.29) is 11.9 Å². The highest BCUT2D eigenvalue weighted by Crippen LogP contribution is 2.15. The van der Waals surface area contributed by atoms with Crippen LogP contribution >= 0.6 is 11.8 Å². The number of amides is 1. The van der Waals surface area contributed by atoms with Gasteiger partial charge in [-0.3, -0.25) is 4.79 Å². The van der Waals surface area contributed by atoms with Crippen LogP contribution < -0.4 is 10.2 Å². The van der Waals surface area contributed by atoms with Crippen molar-refractivity contribution >= 4 is 23.6 Å².